The number of rotatable bonds is 5. The summed E-state index contributed by atoms with van der Waals surface area (Å²) < 4.78 is 1.78. The number of hydrogen-bond donors (Lipinski definition) is 2. The zero-order valence-corrected chi connectivity index (χ0v) is 16.4. The molecule has 0 spiro atoms. The maximum absolute atomic E-state index is 12.6. The Hall–Kier alpha value is -2.70. The third kappa shape index (κ3) is 3.79. The number of hydrogen-bond acceptors (Lipinski definition) is 4. The van der Waals surface area contributed by atoms with E-state index in [9.17, 15) is 9.90 Å². The quantitative estimate of drug-likeness (QED) is 0.713. The zero-order valence-electron chi connectivity index (χ0n) is 16.4. The summed E-state index contributed by atoms with van der Waals surface area (Å²) in [4.78, 5) is 14.8. The van der Waals surface area contributed by atoms with Crippen molar-refractivity contribution in [3.05, 3.63) is 70.5 Å². The highest BCUT2D eigenvalue weighted by Gasteiger charge is 2.19. The van der Waals surface area contributed by atoms with Crippen LogP contribution >= 0.6 is 0 Å². The molecule has 6 nitrogen and oxygen atoms in total. The van der Waals surface area contributed by atoms with Crippen LogP contribution in [0.5, 0.6) is 0 Å². The van der Waals surface area contributed by atoms with Crippen molar-refractivity contribution in [2.24, 2.45) is 0 Å². The summed E-state index contributed by atoms with van der Waals surface area (Å²) in [5.41, 5.74) is 5.97. The molecule has 0 fully saturated rings. The van der Waals surface area contributed by atoms with Crippen LogP contribution in [0.2, 0.25) is 0 Å². The van der Waals surface area contributed by atoms with Crippen LogP contribution in [0.3, 0.4) is 0 Å². The summed E-state index contributed by atoms with van der Waals surface area (Å²) >= 11 is 0. The van der Waals surface area contributed by atoms with Gasteiger partial charge in [-0.15, -0.1) is 0 Å². The highest BCUT2D eigenvalue weighted by molar-refractivity contribution is 5.95. The molecule has 0 bridgehead atoms. The van der Waals surface area contributed by atoms with Crippen LogP contribution in [-0.4, -0.2) is 51.3 Å². The van der Waals surface area contributed by atoms with Gasteiger partial charge in [-0.1, -0.05) is 24.3 Å². The van der Waals surface area contributed by atoms with Gasteiger partial charge < -0.3 is 10.4 Å². The molecule has 2 N–H and O–H groups in total. The Balaban J connectivity index is 1.34. The van der Waals surface area contributed by atoms with Gasteiger partial charge in [-0.2, -0.15) is 5.10 Å². The Morgan fingerprint density at radius 3 is 2.82 bits per heavy atom. The predicted octanol–water partition coefficient (Wildman–Crippen LogP) is 2.10. The normalized spacial score (nSPS) is 15.4. The smallest absolute Gasteiger partial charge is 0.253 e. The molecule has 28 heavy (non-hydrogen) atoms. The van der Waals surface area contributed by atoms with Crippen LogP contribution in [0.1, 0.15) is 32.9 Å². The van der Waals surface area contributed by atoms with Gasteiger partial charge in [-0.3, -0.25) is 9.69 Å². The molecule has 1 aliphatic rings. The van der Waals surface area contributed by atoms with Crippen LogP contribution in [0.4, 0.5) is 0 Å². The molecule has 6 heteroatoms. The SMILES string of the molecule is Cc1cc2ccc(C(=O)NC[C@H](O)CN3CCc4ccccc4C3)c(C)n2n1. The zero-order chi connectivity index (χ0) is 19.7. The number of carbonyl (C=O) groups excluding carboxylic acids is 1. The van der Waals surface area contributed by atoms with Crippen LogP contribution in [0.25, 0.3) is 5.52 Å². The maximum Gasteiger partial charge on any atom is 0.253 e. The van der Waals surface area contributed by atoms with E-state index in [-0.39, 0.29) is 12.5 Å². The van der Waals surface area contributed by atoms with Crippen molar-refractivity contribution < 1.29 is 9.90 Å². The molecule has 0 saturated carbocycles. The fraction of sp³-hybridized carbons (Fsp3) is 0.364. The summed E-state index contributed by atoms with van der Waals surface area (Å²) in [6, 6.07) is 14.1. The third-order valence-electron chi connectivity index (χ3n) is 5.41. The van der Waals surface area contributed by atoms with E-state index >= 15 is 0 Å². The van der Waals surface area contributed by atoms with Gasteiger partial charge in [0.1, 0.15) is 0 Å². The number of fused-ring (bicyclic) bond motifs is 2. The number of aliphatic hydroxyl groups excluding tert-OH is 1. The van der Waals surface area contributed by atoms with E-state index < -0.39 is 6.10 Å². The lowest BCUT2D eigenvalue weighted by atomic mass is 10.00. The first-order valence-electron chi connectivity index (χ1n) is 9.72. The number of β-amino-alcohol motifs (C(OH)–C–C–N with tert-alkyl or cyclic N) is 1. The van der Waals surface area contributed by atoms with Crippen molar-refractivity contribution >= 4 is 11.4 Å². The summed E-state index contributed by atoms with van der Waals surface area (Å²) in [5, 5.41) is 17.7. The van der Waals surface area contributed by atoms with Crippen LogP contribution in [0.15, 0.2) is 42.5 Å². The number of aryl methyl sites for hydroxylation is 2. The first-order valence-corrected chi connectivity index (χ1v) is 9.72. The van der Waals surface area contributed by atoms with E-state index in [0.29, 0.717) is 12.1 Å². The van der Waals surface area contributed by atoms with Gasteiger partial charge in [0.25, 0.3) is 5.91 Å². The minimum atomic E-state index is -0.606. The topological polar surface area (TPSA) is 69.9 Å². The molecule has 0 aliphatic carbocycles. The van der Waals surface area contributed by atoms with E-state index in [1.807, 2.05) is 32.0 Å². The minimum absolute atomic E-state index is 0.185. The highest BCUT2D eigenvalue weighted by atomic mass is 16.3. The standard InChI is InChI=1S/C22H26N4O2/c1-15-11-19-7-8-21(16(2)26(19)24-15)22(28)23-12-20(27)14-25-10-9-17-5-3-4-6-18(17)13-25/h3-8,11,20,27H,9-10,12-14H2,1-2H3,(H,23,28)/t20-/m0/s1. The Bertz CT molecular complexity index is 1010. The Labute approximate surface area is 164 Å². The lowest BCUT2D eigenvalue weighted by Gasteiger charge is -2.30. The highest BCUT2D eigenvalue weighted by Crippen LogP contribution is 2.18. The average molecular weight is 378 g/mol. The molecule has 3 heterocycles. The van der Waals surface area contributed by atoms with Crippen molar-refractivity contribution in [2.75, 3.05) is 19.6 Å². The van der Waals surface area contributed by atoms with E-state index in [0.717, 1.165) is 36.4 Å². The van der Waals surface area contributed by atoms with E-state index in [2.05, 4.69) is 39.6 Å². The van der Waals surface area contributed by atoms with Crippen molar-refractivity contribution in [1.29, 1.82) is 0 Å². The second-order valence-electron chi connectivity index (χ2n) is 7.57. The first-order chi connectivity index (χ1) is 13.5. The summed E-state index contributed by atoms with van der Waals surface area (Å²) in [7, 11) is 0. The summed E-state index contributed by atoms with van der Waals surface area (Å²) in [6.45, 7) is 6.36. The number of carbonyl (C=O) groups is 1. The van der Waals surface area contributed by atoms with E-state index in [1.54, 1.807) is 4.52 Å². The monoisotopic (exact) mass is 378 g/mol. The third-order valence-corrected chi connectivity index (χ3v) is 5.41. The maximum atomic E-state index is 12.6. The second kappa shape index (κ2) is 7.73. The van der Waals surface area contributed by atoms with Crippen molar-refractivity contribution in [3.63, 3.8) is 0 Å². The summed E-state index contributed by atoms with van der Waals surface area (Å²) in [6.07, 6.45) is 0.391. The number of nitrogens with zero attached hydrogens (tertiary/aromatic N) is 3. The van der Waals surface area contributed by atoms with Crippen LogP contribution in [-0.2, 0) is 13.0 Å². The molecule has 0 saturated heterocycles. The molecule has 3 aromatic rings. The minimum Gasteiger partial charge on any atom is -0.390 e. The molecular weight excluding hydrogens is 352 g/mol. The lowest BCUT2D eigenvalue weighted by molar-refractivity contribution is 0.0841. The van der Waals surface area contributed by atoms with Gasteiger partial charge in [-0.05, 0) is 49.6 Å². The molecule has 0 radical (unpaired) electrons. The van der Waals surface area contributed by atoms with Gasteiger partial charge in [0.05, 0.1) is 28.6 Å². The summed E-state index contributed by atoms with van der Waals surface area (Å²) in [5.74, 6) is -0.185. The number of nitrogens with one attached hydrogen (secondary N) is 1. The molecule has 0 unspecified atom stereocenters. The Kier molecular flexibility index (Phi) is 5.15. The second-order valence-corrected chi connectivity index (χ2v) is 7.57. The van der Waals surface area contributed by atoms with Gasteiger partial charge in [-0.25, -0.2) is 4.52 Å². The molecule has 1 aliphatic heterocycles. The van der Waals surface area contributed by atoms with Crippen molar-refractivity contribution in [2.45, 2.75) is 32.9 Å². The largest absolute Gasteiger partial charge is 0.390 e. The molecule has 1 amide bonds. The first kappa shape index (κ1) is 18.7. The molecule has 146 valence electrons. The van der Waals surface area contributed by atoms with Crippen LogP contribution < -0.4 is 5.32 Å². The van der Waals surface area contributed by atoms with Gasteiger partial charge in [0.15, 0.2) is 0 Å². The molecular formula is C22H26N4O2. The lowest BCUT2D eigenvalue weighted by Crippen LogP contribution is -2.42. The van der Waals surface area contributed by atoms with Crippen molar-refractivity contribution in [3.8, 4) is 0 Å². The fourth-order valence-corrected chi connectivity index (χ4v) is 3.93. The van der Waals surface area contributed by atoms with Gasteiger partial charge in [0.2, 0.25) is 0 Å². The van der Waals surface area contributed by atoms with Crippen LogP contribution in [0, 0.1) is 13.8 Å². The molecule has 4 rings (SSSR count). The molecule has 2 aromatic heterocycles. The van der Waals surface area contributed by atoms with Gasteiger partial charge in [0, 0.05) is 26.2 Å². The van der Waals surface area contributed by atoms with E-state index in [4.69, 9.17) is 0 Å². The Morgan fingerprint density at radius 2 is 2.00 bits per heavy atom. The predicted molar refractivity (Wildman–Crippen MR) is 108 cm³/mol. The molecule has 1 atom stereocenters. The molecule has 1 aromatic carbocycles. The van der Waals surface area contributed by atoms with Crippen molar-refractivity contribution in [1.82, 2.24) is 19.8 Å². The number of pyridine rings is 1. The fourth-order valence-electron chi connectivity index (χ4n) is 3.93. The Morgan fingerprint density at radius 1 is 1.21 bits per heavy atom. The number of amides is 1. The van der Waals surface area contributed by atoms with Gasteiger partial charge >= 0.3 is 0 Å². The number of aromatic nitrogens is 2. The number of aliphatic hydroxyl groups is 1. The van der Waals surface area contributed by atoms with E-state index in [1.165, 1.54) is 11.1 Å². The average Bonchev–Trinajstić information content (AvgIpc) is 3.08. The number of benzene rings is 1.